The van der Waals surface area contributed by atoms with Crippen molar-refractivity contribution in [1.82, 2.24) is 44.9 Å². The Labute approximate surface area is 673 Å². The van der Waals surface area contributed by atoms with Crippen LogP contribution >= 0.6 is 31.9 Å². The van der Waals surface area contributed by atoms with Crippen LogP contribution in [0.15, 0.2) is 410 Å². The van der Waals surface area contributed by atoms with Gasteiger partial charge in [0.05, 0.1) is 5.69 Å². The van der Waals surface area contributed by atoms with Gasteiger partial charge in [0.2, 0.25) is 0 Å². The molecule has 11 nitrogen and oxygen atoms in total. The van der Waals surface area contributed by atoms with Crippen LogP contribution in [0.3, 0.4) is 0 Å². The van der Waals surface area contributed by atoms with Gasteiger partial charge in [-0.1, -0.05) is 293 Å². The maximum atomic E-state index is 9.03. The number of hydrogen-bond acceptors (Lipinski definition) is 11. The van der Waals surface area contributed by atoms with Crippen LogP contribution in [0.25, 0.3) is 169 Å². The molecule has 0 unspecified atom stereocenters. The van der Waals surface area contributed by atoms with Crippen molar-refractivity contribution in [2.45, 2.75) is 0 Å². The summed E-state index contributed by atoms with van der Waals surface area (Å²) in [5, 5.41) is 18.1. The molecule has 18 rings (SSSR count). The van der Waals surface area contributed by atoms with Crippen molar-refractivity contribution in [2.75, 3.05) is 0 Å². The van der Waals surface area contributed by atoms with Gasteiger partial charge in [-0.05, 0) is 198 Å². The van der Waals surface area contributed by atoms with E-state index in [2.05, 4.69) is 247 Å². The van der Waals surface area contributed by atoms with Crippen LogP contribution in [-0.2, 0) is 0 Å². The minimum absolute atomic E-state index is 0.483. The largest absolute Gasteiger partial charge is 0.488 e. The summed E-state index contributed by atoms with van der Waals surface area (Å²) in [6.45, 7) is 0. The van der Waals surface area contributed by atoms with Crippen molar-refractivity contribution in [2.24, 2.45) is 0 Å². The highest BCUT2D eigenvalue weighted by Gasteiger charge is 2.20. The van der Waals surface area contributed by atoms with Crippen LogP contribution < -0.4 is 5.46 Å². The Balaban J connectivity index is 0.000000153. The lowest BCUT2D eigenvalue weighted by atomic mass is 9.79. The van der Waals surface area contributed by atoms with E-state index in [9.17, 15) is 0 Å². The van der Waals surface area contributed by atoms with Crippen molar-refractivity contribution < 1.29 is 10.0 Å². The lowest BCUT2D eigenvalue weighted by molar-refractivity contribution is 0.426. The second kappa shape index (κ2) is 34.9. The Morgan fingerprint density at radius 3 is 0.805 bits per heavy atom. The Morgan fingerprint density at radius 2 is 0.451 bits per heavy atom. The number of nitrogens with zero attached hydrogens (tertiary/aromatic N) is 9. The first-order valence-corrected chi connectivity index (χ1v) is 38.4. The molecule has 0 aliphatic carbocycles. The molecule has 0 saturated carbocycles. The van der Waals surface area contributed by atoms with Gasteiger partial charge in [-0.2, -0.15) is 0 Å². The molecule has 113 heavy (non-hydrogen) atoms. The summed E-state index contributed by atoms with van der Waals surface area (Å²) in [7, 11) is -1.43. The van der Waals surface area contributed by atoms with Gasteiger partial charge in [0, 0.05) is 84.4 Å². The third-order valence-corrected chi connectivity index (χ3v) is 19.9. The molecule has 13 aromatic carbocycles. The fraction of sp³-hybridized carbons (Fsp3) is 0. The molecule has 18 aromatic rings. The number of benzene rings is 13. The highest BCUT2D eigenvalue weighted by Crippen LogP contribution is 2.40. The highest BCUT2D eigenvalue weighted by atomic mass is 79.9. The summed E-state index contributed by atoms with van der Waals surface area (Å²) in [6.07, 6.45) is 8.97. The average molecular weight is 1590 g/mol. The second-order valence-electron chi connectivity index (χ2n) is 26.7. The summed E-state index contributed by atoms with van der Waals surface area (Å²) < 4.78 is 1.93. The summed E-state index contributed by atoms with van der Waals surface area (Å²) >= 11 is 7.40. The third kappa shape index (κ3) is 18.1. The van der Waals surface area contributed by atoms with E-state index in [0.717, 1.165) is 143 Å². The molecule has 5 heterocycles. The summed E-state index contributed by atoms with van der Waals surface area (Å²) in [6, 6.07) is 126. The molecule has 0 fully saturated rings. The van der Waals surface area contributed by atoms with E-state index < -0.39 is 7.12 Å². The van der Waals surface area contributed by atoms with E-state index in [1.54, 1.807) is 36.8 Å². The Kier molecular flexibility index (Phi) is 22.7. The standard InChI is InChI=1S/C55H37N5.C33H21Br2N3.C11H10BNO2/c1-4-15-38(16-5-1)46-31-48(42-22-12-21-41(29-42)45-25-14-27-56-37-45)35-50(33-46)54-58-53(40-19-8-3-9-20-40)59-55(60-54)51-34-47(39-17-6-2-7-18-39)32-49(36-51)43-23-13-24-44(30-43)52-26-10-11-28-57-52;34-29-18-25(22-10-4-1-5-11-22)16-27(20-29)32-36-31(24-14-8-3-9-15-24)37-33(38-32)28-17-26(19-30(35)21-28)23-12-6-2-7-13-23;14-12(15)11-5-1-3-9(7-11)10-4-2-6-13-8-10/h1-37H;1-21H;1-8,14-15H. The maximum absolute atomic E-state index is 9.03. The second-order valence-corrected chi connectivity index (χ2v) is 28.6. The van der Waals surface area contributed by atoms with Crippen molar-refractivity contribution in [3.8, 4) is 169 Å². The van der Waals surface area contributed by atoms with Crippen molar-refractivity contribution >= 4 is 44.4 Å². The minimum Gasteiger partial charge on any atom is -0.423 e. The van der Waals surface area contributed by atoms with E-state index in [1.807, 2.05) is 164 Å². The number of halogens is 2. The number of aromatic nitrogens is 9. The third-order valence-electron chi connectivity index (χ3n) is 19.0. The summed E-state index contributed by atoms with van der Waals surface area (Å²) in [4.78, 5) is 43.6. The average Bonchev–Trinajstić information content (AvgIpc) is 0.780. The molecule has 0 radical (unpaired) electrons. The van der Waals surface area contributed by atoms with E-state index in [0.29, 0.717) is 40.4 Å². The fourth-order valence-corrected chi connectivity index (χ4v) is 14.4. The van der Waals surface area contributed by atoms with E-state index >= 15 is 0 Å². The van der Waals surface area contributed by atoms with Gasteiger partial charge in [-0.25, -0.2) is 29.9 Å². The van der Waals surface area contributed by atoms with Crippen molar-refractivity contribution in [3.63, 3.8) is 0 Å². The predicted octanol–water partition coefficient (Wildman–Crippen LogP) is 23.8. The first kappa shape index (κ1) is 73.4. The molecule has 0 aliphatic rings. The normalized spacial score (nSPS) is 10.8. The highest BCUT2D eigenvalue weighted by molar-refractivity contribution is 9.10. The molecule has 538 valence electrons. The molecule has 14 heteroatoms. The smallest absolute Gasteiger partial charge is 0.423 e. The van der Waals surface area contributed by atoms with Gasteiger partial charge in [-0.3, -0.25) is 15.0 Å². The number of hydrogen-bond donors (Lipinski definition) is 2. The molecular formula is C99H68BBr2N9O2. The van der Waals surface area contributed by atoms with Gasteiger partial charge in [0.15, 0.2) is 34.9 Å². The van der Waals surface area contributed by atoms with E-state index in [4.69, 9.17) is 40.0 Å². The van der Waals surface area contributed by atoms with Crippen LogP contribution in [0.2, 0.25) is 0 Å². The van der Waals surface area contributed by atoms with E-state index in [-0.39, 0.29) is 0 Å². The van der Waals surface area contributed by atoms with E-state index in [1.165, 1.54) is 0 Å². The van der Waals surface area contributed by atoms with Crippen LogP contribution in [0.1, 0.15) is 0 Å². The van der Waals surface area contributed by atoms with Gasteiger partial charge in [-0.15, -0.1) is 0 Å². The van der Waals surface area contributed by atoms with Crippen molar-refractivity contribution in [1.29, 1.82) is 0 Å². The molecule has 2 N–H and O–H groups in total. The molecule has 0 amide bonds. The van der Waals surface area contributed by atoms with Crippen LogP contribution in [0, 0.1) is 0 Å². The zero-order valence-electron chi connectivity index (χ0n) is 60.9. The Morgan fingerprint density at radius 1 is 0.195 bits per heavy atom. The zero-order valence-corrected chi connectivity index (χ0v) is 64.0. The first-order chi connectivity index (χ1) is 55.6. The maximum Gasteiger partial charge on any atom is 0.488 e. The predicted molar refractivity (Wildman–Crippen MR) is 466 cm³/mol. The molecule has 0 aliphatic heterocycles. The summed E-state index contributed by atoms with van der Waals surface area (Å²) in [5.41, 5.74) is 25.0. The molecule has 0 saturated heterocycles. The molecule has 5 aromatic heterocycles. The Bertz CT molecular complexity index is 5990. The topological polar surface area (TPSA) is 156 Å². The quantitative estimate of drug-likeness (QED) is 0.0888. The molecule has 0 spiro atoms. The lowest BCUT2D eigenvalue weighted by Crippen LogP contribution is -2.29. The molecule has 0 atom stereocenters. The molecular weight excluding hydrogens is 1520 g/mol. The SMILES string of the molecule is Brc1cc(-c2ccccc2)cc(-c2nc(-c3ccccc3)nc(-c3cc(Br)cc(-c4ccccc4)c3)n2)c1.OB(O)c1cccc(-c2cccnc2)c1.c1ccc(-c2cc(-c3cccc(-c4cccnc4)c3)cc(-c3nc(-c4ccccc4)nc(-c4cc(-c5ccccc5)cc(-c5cccc(-c6ccccn6)c5)c4)n3)c2)cc1. The number of pyridine rings is 3. The monoisotopic (exact) mass is 1580 g/mol. The lowest BCUT2D eigenvalue weighted by Gasteiger charge is -2.14. The van der Waals surface area contributed by atoms with Gasteiger partial charge in [0.25, 0.3) is 0 Å². The van der Waals surface area contributed by atoms with Crippen LogP contribution in [0.5, 0.6) is 0 Å². The van der Waals surface area contributed by atoms with Crippen LogP contribution in [0.4, 0.5) is 0 Å². The zero-order chi connectivity index (χ0) is 76.7. The fourth-order valence-electron chi connectivity index (χ4n) is 13.4. The van der Waals surface area contributed by atoms with Gasteiger partial charge in [0.1, 0.15) is 0 Å². The summed E-state index contributed by atoms with van der Waals surface area (Å²) in [5.74, 6) is 3.65. The van der Waals surface area contributed by atoms with Crippen molar-refractivity contribution in [3.05, 3.63) is 410 Å². The minimum atomic E-state index is -1.43. The Hall–Kier alpha value is -13.7. The molecule has 0 bridgehead atoms. The van der Waals surface area contributed by atoms with Crippen LogP contribution in [-0.4, -0.2) is 62.0 Å². The van der Waals surface area contributed by atoms with Gasteiger partial charge >= 0.3 is 7.12 Å². The van der Waals surface area contributed by atoms with Gasteiger partial charge < -0.3 is 10.0 Å². The first-order valence-electron chi connectivity index (χ1n) is 36.8. The number of rotatable bonds is 16.